The molecule has 1 atom stereocenters. The van der Waals surface area contributed by atoms with E-state index in [0.29, 0.717) is 5.56 Å². The molecule has 0 aliphatic carbocycles. The molecule has 0 saturated heterocycles. The van der Waals surface area contributed by atoms with Crippen molar-refractivity contribution < 1.29 is 36.6 Å². The van der Waals surface area contributed by atoms with E-state index >= 15 is 0 Å². The second-order valence-electron chi connectivity index (χ2n) is 5.74. The van der Waals surface area contributed by atoms with Gasteiger partial charge in [0.05, 0.1) is 23.3 Å². The number of carboxylic acids is 2. The van der Waals surface area contributed by atoms with Crippen LogP contribution in [0.25, 0.3) is 0 Å². The zero-order chi connectivity index (χ0) is 20.4. The number of anilines is 1. The summed E-state index contributed by atoms with van der Waals surface area (Å²) >= 11 is 0. The summed E-state index contributed by atoms with van der Waals surface area (Å²) in [6, 6.07) is 0.681. The monoisotopic (exact) mass is 408 g/mol. The molecule has 1 rings (SSSR count). The Kier molecular flexibility index (Phi) is 6.39. The summed E-state index contributed by atoms with van der Waals surface area (Å²) in [6.07, 6.45) is 0.00160. The molecule has 0 fully saturated rings. The molecular weight excluding hydrogens is 388 g/mol. The number of hydrogen-bond acceptors (Lipinski definition) is 6. The van der Waals surface area contributed by atoms with Crippen LogP contribution in [0.4, 0.5) is 5.69 Å². The number of sulfonamides is 2. The number of aryl methyl sites for hydroxylation is 2. The molecule has 3 N–H and O–H groups in total. The van der Waals surface area contributed by atoms with Crippen molar-refractivity contribution in [1.82, 2.24) is 4.72 Å². The number of hydrogen-bond donors (Lipinski definition) is 3. The van der Waals surface area contributed by atoms with Crippen molar-refractivity contribution in [3.63, 3.8) is 0 Å². The van der Waals surface area contributed by atoms with E-state index in [4.69, 9.17) is 10.2 Å². The van der Waals surface area contributed by atoms with Gasteiger partial charge < -0.3 is 10.2 Å². The average Bonchev–Trinajstić information content (AvgIpc) is 2.43. The van der Waals surface area contributed by atoms with Crippen LogP contribution in [0.2, 0.25) is 0 Å². The highest BCUT2D eigenvalue weighted by atomic mass is 32.2. The molecule has 0 radical (unpaired) electrons. The van der Waals surface area contributed by atoms with Crippen molar-refractivity contribution in [2.75, 3.05) is 17.6 Å². The predicted molar refractivity (Wildman–Crippen MR) is 93.2 cm³/mol. The van der Waals surface area contributed by atoms with Crippen LogP contribution in [0.15, 0.2) is 17.0 Å². The summed E-state index contributed by atoms with van der Waals surface area (Å²) < 4.78 is 51.3. The van der Waals surface area contributed by atoms with Crippen molar-refractivity contribution in [1.29, 1.82) is 0 Å². The van der Waals surface area contributed by atoms with E-state index in [1.165, 1.54) is 20.0 Å². The van der Waals surface area contributed by atoms with Gasteiger partial charge in [-0.1, -0.05) is 6.07 Å². The molecule has 146 valence electrons. The fourth-order valence-electron chi connectivity index (χ4n) is 2.23. The van der Waals surface area contributed by atoms with Gasteiger partial charge in [-0.2, -0.15) is 4.72 Å². The van der Waals surface area contributed by atoms with E-state index in [1.807, 2.05) is 4.72 Å². The van der Waals surface area contributed by atoms with Crippen LogP contribution < -0.4 is 9.03 Å². The van der Waals surface area contributed by atoms with Gasteiger partial charge in [-0.15, -0.1) is 0 Å². The molecule has 0 amide bonds. The van der Waals surface area contributed by atoms with Gasteiger partial charge in [-0.25, -0.2) is 16.8 Å². The number of carboxylic acid groups (broad SMARTS) is 2. The van der Waals surface area contributed by atoms with Crippen LogP contribution >= 0.6 is 0 Å². The highest BCUT2D eigenvalue weighted by molar-refractivity contribution is 7.92. The highest BCUT2D eigenvalue weighted by Crippen LogP contribution is 2.28. The Labute approximate surface area is 151 Å². The topological polar surface area (TPSA) is 158 Å². The standard InChI is InChI=1S/C14H20N2O8S2/c1-8-5-9(2)12(7-11(8)16(3)25(4,21)22)26(23,24)15-10(14(19)20)6-13(17)18/h5,7,10,15H,6H2,1-4H3,(H,17,18)(H,19,20)/t10-/m0/s1. The first-order valence-corrected chi connectivity index (χ1v) is 10.5. The maximum absolute atomic E-state index is 12.5. The van der Waals surface area contributed by atoms with Crippen LogP contribution in [0.3, 0.4) is 0 Å². The fourth-order valence-corrected chi connectivity index (χ4v) is 4.22. The van der Waals surface area contributed by atoms with Crippen molar-refractivity contribution >= 4 is 37.7 Å². The first kappa shape index (κ1) is 21.9. The second-order valence-corrected chi connectivity index (χ2v) is 9.44. The molecular formula is C14H20N2O8S2. The number of nitrogens with one attached hydrogen (secondary N) is 1. The van der Waals surface area contributed by atoms with E-state index in [-0.39, 0.29) is 16.1 Å². The minimum absolute atomic E-state index is 0.101. The summed E-state index contributed by atoms with van der Waals surface area (Å²) in [5.74, 6) is -3.13. The third kappa shape index (κ3) is 5.16. The van der Waals surface area contributed by atoms with Gasteiger partial charge >= 0.3 is 11.9 Å². The number of carbonyl (C=O) groups is 2. The summed E-state index contributed by atoms with van der Waals surface area (Å²) in [5.41, 5.74) is 0.846. The highest BCUT2D eigenvalue weighted by Gasteiger charge is 2.29. The Morgan fingerprint density at radius 2 is 1.65 bits per heavy atom. The Morgan fingerprint density at radius 3 is 2.08 bits per heavy atom. The van der Waals surface area contributed by atoms with Crippen LogP contribution in [0, 0.1) is 13.8 Å². The van der Waals surface area contributed by atoms with E-state index in [0.717, 1.165) is 16.6 Å². The predicted octanol–water partition coefficient (Wildman–Crippen LogP) is -0.0946. The van der Waals surface area contributed by atoms with Gasteiger partial charge in [0.2, 0.25) is 20.0 Å². The lowest BCUT2D eigenvalue weighted by molar-refractivity contribution is -0.145. The lowest BCUT2D eigenvalue weighted by Gasteiger charge is -2.22. The molecule has 1 aromatic rings. The normalized spacial score (nSPS) is 13.2. The largest absolute Gasteiger partial charge is 0.481 e. The first-order valence-electron chi connectivity index (χ1n) is 7.19. The maximum Gasteiger partial charge on any atom is 0.322 e. The van der Waals surface area contributed by atoms with Crippen LogP contribution in [-0.4, -0.2) is 58.3 Å². The van der Waals surface area contributed by atoms with Gasteiger partial charge in [0.25, 0.3) is 0 Å². The van der Waals surface area contributed by atoms with E-state index < -0.39 is 44.4 Å². The smallest absolute Gasteiger partial charge is 0.322 e. The lowest BCUT2D eigenvalue weighted by atomic mass is 10.1. The molecule has 0 heterocycles. The lowest BCUT2D eigenvalue weighted by Crippen LogP contribution is -2.42. The van der Waals surface area contributed by atoms with Crippen molar-refractivity contribution in [3.8, 4) is 0 Å². The molecule has 0 bridgehead atoms. The average molecular weight is 408 g/mol. The minimum atomic E-state index is -4.41. The number of aliphatic carboxylic acids is 2. The maximum atomic E-state index is 12.5. The quantitative estimate of drug-likeness (QED) is 0.538. The SMILES string of the molecule is Cc1cc(C)c(S(=O)(=O)N[C@@H](CC(=O)O)C(=O)O)cc1N(C)S(C)(=O)=O. The molecule has 0 aliphatic rings. The van der Waals surface area contributed by atoms with Crippen molar-refractivity contribution in [2.45, 2.75) is 31.2 Å². The van der Waals surface area contributed by atoms with Crippen LogP contribution in [-0.2, 0) is 29.6 Å². The summed E-state index contributed by atoms with van der Waals surface area (Å²) in [4.78, 5) is 21.5. The van der Waals surface area contributed by atoms with E-state index in [2.05, 4.69) is 0 Å². The van der Waals surface area contributed by atoms with Crippen LogP contribution in [0.1, 0.15) is 17.5 Å². The molecule has 0 spiro atoms. The third-order valence-corrected chi connectivity index (χ3v) is 6.40. The number of nitrogens with zero attached hydrogens (tertiary/aromatic N) is 1. The third-order valence-electron chi connectivity index (χ3n) is 3.59. The summed E-state index contributed by atoms with van der Waals surface area (Å²) in [5, 5.41) is 17.7. The summed E-state index contributed by atoms with van der Waals surface area (Å²) in [6.45, 7) is 3.05. The Morgan fingerprint density at radius 1 is 1.12 bits per heavy atom. The van der Waals surface area contributed by atoms with Gasteiger partial charge in [-0.05, 0) is 31.0 Å². The van der Waals surface area contributed by atoms with Gasteiger partial charge in [0.1, 0.15) is 6.04 Å². The van der Waals surface area contributed by atoms with Gasteiger partial charge in [0.15, 0.2) is 0 Å². The molecule has 12 heteroatoms. The van der Waals surface area contributed by atoms with Gasteiger partial charge in [0, 0.05) is 7.05 Å². The van der Waals surface area contributed by atoms with Crippen molar-refractivity contribution in [2.24, 2.45) is 0 Å². The van der Waals surface area contributed by atoms with Crippen molar-refractivity contribution in [3.05, 3.63) is 23.3 Å². The molecule has 26 heavy (non-hydrogen) atoms. The molecule has 0 aliphatic heterocycles. The Balaban J connectivity index is 3.45. The zero-order valence-corrected chi connectivity index (χ0v) is 16.2. The molecule has 0 aromatic heterocycles. The summed E-state index contributed by atoms with van der Waals surface area (Å²) in [7, 11) is -6.82. The number of rotatable bonds is 8. The second kappa shape index (κ2) is 7.60. The number of benzene rings is 1. The first-order chi connectivity index (χ1) is 11.7. The molecule has 1 aromatic carbocycles. The molecule has 0 saturated carbocycles. The fraction of sp³-hybridized carbons (Fsp3) is 0.429. The van der Waals surface area contributed by atoms with Gasteiger partial charge in [-0.3, -0.25) is 13.9 Å². The Hall–Kier alpha value is -2.18. The minimum Gasteiger partial charge on any atom is -0.481 e. The zero-order valence-electron chi connectivity index (χ0n) is 14.5. The Bertz CT molecular complexity index is 938. The molecule has 0 unspecified atom stereocenters. The van der Waals surface area contributed by atoms with E-state index in [9.17, 15) is 26.4 Å². The van der Waals surface area contributed by atoms with Crippen LogP contribution in [0.5, 0.6) is 0 Å². The molecule has 10 nitrogen and oxygen atoms in total. The van der Waals surface area contributed by atoms with E-state index in [1.54, 1.807) is 6.92 Å².